The molecule has 1 saturated heterocycles. The number of rotatable bonds is 6. The van der Waals surface area contributed by atoms with Crippen LogP contribution in [-0.2, 0) is 17.8 Å². The summed E-state index contributed by atoms with van der Waals surface area (Å²) >= 11 is 0. The molecule has 1 atom stereocenters. The summed E-state index contributed by atoms with van der Waals surface area (Å²) in [5.41, 5.74) is 2.86. The number of morpholine rings is 1. The molecule has 3 heteroatoms. The number of benzene rings is 1. The van der Waals surface area contributed by atoms with Crippen molar-refractivity contribution in [1.82, 2.24) is 10.2 Å². The Bertz CT molecular complexity index is 381. The second kappa shape index (κ2) is 7.63. The fourth-order valence-corrected chi connectivity index (χ4v) is 2.56. The molecule has 1 aromatic carbocycles. The Kier molecular flexibility index (Phi) is 5.83. The topological polar surface area (TPSA) is 24.5 Å². The van der Waals surface area contributed by atoms with Gasteiger partial charge in [-0.15, -0.1) is 0 Å². The molecule has 1 aliphatic rings. The van der Waals surface area contributed by atoms with Gasteiger partial charge >= 0.3 is 0 Å². The van der Waals surface area contributed by atoms with Crippen LogP contribution in [0.5, 0.6) is 0 Å². The summed E-state index contributed by atoms with van der Waals surface area (Å²) in [6.45, 7) is 10.4. The lowest BCUT2D eigenvalue weighted by molar-refractivity contribution is -0.0325. The van der Waals surface area contributed by atoms with Gasteiger partial charge in [0.05, 0.1) is 12.7 Å². The summed E-state index contributed by atoms with van der Waals surface area (Å²) in [4.78, 5) is 2.52. The zero-order valence-corrected chi connectivity index (χ0v) is 12.2. The van der Waals surface area contributed by atoms with E-state index in [9.17, 15) is 0 Å². The monoisotopic (exact) mass is 262 g/mol. The average molecular weight is 262 g/mol. The molecule has 19 heavy (non-hydrogen) atoms. The van der Waals surface area contributed by atoms with Crippen molar-refractivity contribution in [3.63, 3.8) is 0 Å². The van der Waals surface area contributed by atoms with Crippen molar-refractivity contribution in [1.29, 1.82) is 0 Å². The second-order valence-electron chi connectivity index (χ2n) is 5.19. The maximum atomic E-state index is 5.74. The van der Waals surface area contributed by atoms with Crippen molar-refractivity contribution in [3.05, 3.63) is 35.4 Å². The van der Waals surface area contributed by atoms with Crippen molar-refractivity contribution >= 4 is 0 Å². The summed E-state index contributed by atoms with van der Waals surface area (Å²) in [6, 6.07) is 8.76. The molecule has 1 fully saturated rings. The summed E-state index contributed by atoms with van der Waals surface area (Å²) in [6.07, 6.45) is 1.52. The Labute approximate surface area is 116 Å². The van der Waals surface area contributed by atoms with Crippen molar-refractivity contribution in [2.45, 2.75) is 39.5 Å². The molecular weight excluding hydrogens is 236 g/mol. The predicted molar refractivity (Wildman–Crippen MR) is 79.1 cm³/mol. The second-order valence-corrected chi connectivity index (χ2v) is 5.19. The summed E-state index contributed by atoms with van der Waals surface area (Å²) in [5.74, 6) is 0. The maximum absolute atomic E-state index is 5.74. The quantitative estimate of drug-likeness (QED) is 0.852. The molecular formula is C16H26N2O. The van der Waals surface area contributed by atoms with Gasteiger partial charge in [0.2, 0.25) is 0 Å². The minimum atomic E-state index is 0.412. The highest BCUT2D eigenvalue weighted by Gasteiger charge is 2.19. The van der Waals surface area contributed by atoms with E-state index in [4.69, 9.17) is 4.74 Å². The van der Waals surface area contributed by atoms with Crippen LogP contribution in [0.4, 0.5) is 0 Å². The van der Waals surface area contributed by atoms with Gasteiger partial charge in [-0.1, -0.05) is 38.1 Å². The molecule has 1 aromatic rings. The van der Waals surface area contributed by atoms with Gasteiger partial charge in [-0.25, -0.2) is 0 Å². The normalized spacial score (nSPS) is 20.6. The summed E-state index contributed by atoms with van der Waals surface area (Å²) in [7, 11) is 0. The minimum absolute atomic E-state index is 0.412. The van der Waals surface area contributed by atoms with Crippen LogP contribution >= 0.6 is 0 Å². The number of nitrogens with zero attached hydrogens (tertiary/aromatic N) is 1. The van der Waals surface area contributed by atoms with Crippen LogP contribution in [0.2, 0.25) is 0 Å². The maximum Gasteiger partial charge on any atom is 0.0700 e. The first-order chi connectivity index (χ1) is 9.33. The number of nitrogens with one attached hydrogen (secondary N) is 1. The number of hydrogen-bond donors (Lipinski definition) is 1. The lowest BCUT2D eigenvalue weighted by Gasteiger charge is -2.32. The molecule has 1 heterocycles. The van der Waals surface area contributed by atoms with E-state index in [0.717, 1.165) is 45.8 Å². The van der Waals surface area contributed by atoms with Crippen LogP contribution in [0.25, 0.3) is 0 Å². The Balaban J connectivity index is 1.97. The highest BCUT2D eigenvalue weighted by atomic mass is 16.5. The van der Waals surface area contributed by atoms with Crippen molar-refractivity contribution in [2.75, 3.05) is 26.2 Å². The van der Waals surface area contributed by atoms with Crippen LogP contribution in [0.15, 0.2) is 24.3 Å². The van der Waals surface area contributed by atoms with Gasteiger partial charge in [-0.3, -0.25) is 4.90 Å². The zero-order valence-electron chi connectivity index (χ0n) is 12.2. The predicted octanol–water partition coefficient (Wildman–Crippen LogP) is 2.41. The molecule has 1 N–H and O–H groups in total. The van der Waals surface area contributed by atoms with E-state index in [0.29, 0.717) is 6.10 Å². The van der Waals surface area contributed by atoms with E-state index < -0.39 is 0 Å². The van der Waals surface area contributed by atoms with Gasteiger partial charge in [0, 0.05) is 26.2 Å². The Hall–Kier alpha value is -0.900. The fourth-order valence-electron chi connectivity index (χ4n) is 2.56. The molecule has 3 nitrogen and oxygen atoms in total. The van der Waals surface area contributed by atoms with Gasteiger partial charge in [-0.05, 0) is 24.1 Å². The highest BCUT2D eigenvalue weighted by Crippen LogP contribution is 2.15. The molecule has 0 amide bonds. The van der Waals surface area contributed by atoms with E-state index in [1.165, 1.54) is 11.1 Å². The first kappa shape index (κ1) is 14.5. The standard InChI is InChI=1S/C16H26N2O/c1-3-16-13-18(9-10-19-16)12-15-8-6-5-7-14(15)11-17-4-2/h5-8,16-17H,3-4,9-13H2,1-2H3. The zero-order chi connectivity index (χ0) is 13.5. The molecule has 0 aromatic heterocycles. The lowest BCUT2D eigenvalue weighted by atomic mass is 10.1. The third-order valence-corrected chi connectivity index (χ3v) is 3.76. The minimum Gasteiger partial charge on any atom is -0.376 e. The van der Waals surface area contributed by atoms with E-state index in [1.54, 1.807) is 0 Å². The third kappa shape index (κ3) is 4.30. The SMILES string of the molecule is CCNCc1ccccc1CN1CCOC(CC)C1. The Morgan fingerprint density at radius 2 is 2.05 bits per heavy atom. The molecule has 0 radical (unpaired) electrons. The van der Waals surface area contributed by atoms with E-state index in [2.05, 4.69) is 48.3 Å². The van der Waals surface area contributed by atoms with Crippen molar-refractivity contribution in [2.24, 2.45) is 0 Å². The van der Waals surface area contributed by atoms with E-state index >= 15 is 0 Å². The number of ether oxygens (including phenoxy) is 1. The molecule has 0 spiro atoms. The van der Waals surface area contributed by atoms with Gasteiger partial charge in [0.15, 0.2) is 0 Å². The van der Waals surface area contributed by atoms with E-state index in [1.807, 2.05) is 0 Å². The van der Waals surface area contributed by atoms with E-state index in [-0.39, 0.29) is 0 Å². The molecule has 0 bridgehead atoms. The van der Waals surface area contributed by atoms with Crippen LogP contribution in [0.3, 0.4) is 0 Å². The smallest absolute Gasteiger partial charge is 0.0700 e. The Morgan fingerprint density at radius 1 is 1.26 bits per heavy atom. The first-order valence-corrected chi connectivity index (χ1v) is 7.45. The molecule has 0 aliphatic carbocycles. The van der Waals surface area contributed by atoms with Crippen molar-refractivity contribution < 1.29 is 4.74 Å². The lowest BCUT2D eigenvalue weighted by Crippen LogP contribution is -2.41. The van der Waals surface area contributed by atoms with Crippen LogP contribution in [-0.4, -0.2) is 37.2 Å². The first-order valence-electron chi connectivity index (χ1n) is 7.45. The third-order valence-electron chi connectivity index (χ3n) is 3.76. The van der Waals surface area contributed by atoms with Gasteiger partial charge in [0.1, 0.15) is 0 Å². The van der Waals surface area contributed by atoms with Crippen LogP contribution in [0.1, 0.15) is 31.4 Å². The summed E-state index contributed by atoms with van der Waals surface area (Å²) in [5, 5.41) is 3.42. The Morgan fingerprint density at radius 3 is 2.79 bits per heavy atom. The molecule has 2 rings (SSSR count). The highest BCUT2D eigenvalue weighted by molar-refractivity contribution is 5.27. The average Bonchev–Trinajstić information content (AvgIpc) is 2.46. The molecule has 106 valence electrons. The van der Waals surface area contributed by atoms with Crippen molar-refractivity contribution in [3.8, 4) is 0 Å². The largest absolute Gasteiger partial charge is 0.376 e. The van der Waals surface area contributed by atoms with Crippen LogP contribution < -0.4 is 5.32 Å². The number of hydrogen-bond acceptors (Lipinski definition) is 3. The molecule has 1 aliphatic heterocycles. The van der Waals surface area contributed by atoms with Crippen LogP contribution in [0, 0.1) is 0 Å². The fraction of sp³-hybridized carbons (Fsp3) is 0.625. The summed E-state index contributed by atoms with van der Waals surface area (Å²) < 4.78 is 5.74. The molecule has 0 saturated carbocycles. The van der Waals surface area contributed by atoms with Gasteiger partial charge in [0.25, 0.3) is 0 Å². The molecule has 1 unspecified atom stereocenters. The van der Waals surface area contributed by atoms with Gasteiger partial charge in [-0.2, -0.15) is 0 Å². The van der Waals surface area contributed by atoms with Gasteiger partial charge < -0.3 is 10.1 Å².